The smallest absolute Gasteiger partial charge is 0.144 e. The predicted octanol–water partition coefficient (Wildman–Crippen LogP) is 7.36. The molecule has 1 spiro atoms. The van der Waals surface area contributed by atoms with E-state index in [1.807, 2.05) is 67.6 Å². The molecule has 0 bridgehead atoms. The van der Waals surface area contributed by atoms with E-state index in [1.54, 1.807) is 0 Å². The molecule has 1 N–H and O–H groups in total. The van der Waals surface area contributed by atoms with Crippen molar-refractivity contribution in [1.82, 2.24) is 0 Å². The molecule has 2 saturated heterocycles. The van der Waals surface area contributed by atoms with E-state index in [0.29, 0.717) is 50.9 Å². The first kappa shape index (κ1) is 34.6. The van der Waals surface area contributed by atoms with Crippen LogP contribution in [0, 0.1) is 5.92 Å². The molecular weight excluding hydrogens is 628 g/mol. The van der Waals surface area contributed by atoms with Crippen molar-refractivity contribution in [2.45, 2.75) is 56.9 Å². The molecule has 0 aliphatic carbocycles. The summed E-state index contributed by atoms with van der Waals surface area (Å²) in [6.45, 7) is 4.61. The predicted molar refractivity (Wildman–Crippen MR) is 185 cm³/mol. The highest BCUT2D eigenvalue weighted by atomic mass is 35.5. The average Bonchev–Trinajstić information content (AvgIpc) is 3.11. The molecule has 254 valence electrons. The molecule has 0 saturated carbocycles. The van der Waals surface area contributed by atoms with Crippen LogP contribution in [0.2, 0.25) is 5.02 Å². The summed E-state index contributed by atoms with van der Waals surface area (Å²) in [6, 6.07) is 34.5. The summed E-state index contributed by atoms with van der Waals surface area (Å²) in [6.07, 6.45) is 0.0796. The molecule has 3 atom stereocenters. The van der Waals surface area contributed by atoms with Gasteiger partial charge >= 0.3 is 0 Å². The normalized spacial score (nSPS) is 24.6. The van der Waals surface area contributed by atoms with E-state index in [2.05, 4.69) is 42.5 Å². The zero-order chi connectivity index (χ0) is 33.2. The number of rotatable bonds is 12. The minimum Gasteiger partial charge on any atom is -0.494 e. The Hall–Kier alpha value is -3.27. The van der Waals surface area contributed by atoms with Gasteiger partial charge in [-0.05, 0) is 59.4 Å². The van der Waals surface area contributed by atoms with Crippen LogP contribution < -0.4 is 4.74 Å². The first-order chi connectivity index (χ1) is 23.5. The van der Waals surface area contributed by atoms with E-state index in [-0.39, 0.29) is 37.9 Å². The van der Waals surface area contributed by atoms with Gasteiger partial charge < -0.3 is 33.5 Å². The third-order valence-corrected chi connectivity index (χ3v) is 9.36. The summed E-state index contributed by atoms with van der Waals surface area (Å²) >= 11 is 6.77. The van der Waals surface area contributed by atoms with Gasteiger partial charge in [0.2, 0.25) is 0 Å². The van der Waals surface area contributed by atoms with Gasteiger partial charge in [0.05, 0.1) is 65.1 Å². The van der Waals surface area contributed by atoms with Crippen LogP contribution in [0.4, 0.5) is 0 Å². The fraction of sp³-hybridized carbons (Fsp3) is 0.400. The lowest BCUT2D eigenvalue weighted by Crippen LogP contribution is -2.63. The van der Waals surface area contributed by atoms with Crippen molar-refractivity contribution in [2.24, 2.45) is 5.92 Å². The number of aliphatic hydroxyl groups excluding tert-OH is 1. The topological polar surface area (TPSA) is 75.6 Å². The van der Waals surface area contributed by atoms with Crippen LogP contribution in [-0.4, -0.2) is 62.6 Å². The standard InChI is InChI=1S/C40H45ClO7/c1-2-45-35-16-13-29(14-17-35)19-34-20-33(15-18-36(34)41)37-21-38(46-25-30-9-5-3-6-10-30)39(47-26-31-11-7-4-8-12-31)40(48-37)27-43-23-32(22-42)24-44-28-40/h3-18,20,32,37-39,42H,2,19,21-28H2,1H3/t32?,37?,38?,39-,40?/m0/s1. The molecule has 4 aromatic carbocycles. The van der Waals surface area contributed by atoms with Crippen molar-refractivity contribution in [3.8, 4) is 5.75 Å². The summed E-state index contributed by atoms with van der Waals surface area (Å²) in [5.74, 6) is 0.749. The Balaban J connectivity index is 1.31. The largest absolute Gasteiger partial charge is 0.494 e. The number of hydrogen-bond acceptors (Lipinski definition) is 7. The molecule has 48 heavy (non-hydrogen) atoms. The molecule has 0 amide bonds. The van der Waals surface area contributed by atoms with Crippen molar-refractivity contribution in [2.75, 3.05) is 39.6 Å². The third-order valence-electron chi connectivity index (χ3n) is 8.99. The van der Waals surface area contributed by atoms with Crippen LogP contribution in [0.25, 0.3) is 0 Å². The number of aliphatic hydroxyl groups is 1. The van der Waals surface area contributed by atoms with Gasteiger partial charge in [-0.15, -0.1) is 0 Å². The minimum absolute atomic E-state index is 0.00483. The quantitative estimate of drug-likeness (QED) is 0.169. The van der Waals surface area contributed by atoms with E-state index in [9.17, 15) is 5.11 Å². The molecule has 2 fully saturated rings. The Morgan fingerprint density at radius 2 is 1.44 bits per heavy atom. The van der Waals surface area contributed by atoms with Gasteiger partial charge in [-0.1, -0.05) is 96.5 Å². The van der Waals surface area contributed by atoms with Crippen molar-refractivity contribution in [3.05, 3.63) is 136 Å². The summed E-state index contributed by atoms with van der Waals surface area (Å²) < 4.78 is 38.8. The number of hydrogen-bond donors (Lipinski definition) is 1. The van der Waals surface area contributed by atoms with Crippen LogP contribution in [0.1, 0.15) is 47.3 Å². The molecular formula is C40H45ClO7. The fourth-order valence-corrected chi connectivity index (χ4v) is 6.66. The lowest BCUT2D eigenvalue weighted by Gasteiger charge is -2.50. The second-order valence-electron chi connectivity index (χ2n) is 12.6. The lowest BCUT2D eigenvalue weighted by molar-refractivity contribution is -0.293. The molecule has 2 unspecified atom stereocenters. The Labute approximate surface area is 288 Å². The van der Waals surface area contributed by atoms with Gasteiger partial charge in [0.1, 0.15) is 17.5 Å². The number of benzene rings is 4. The Bertz CT molecular complexity index is 1540. The molecule has 2 aliphatic rings. The van der Waals surface area contributed by atoms with E-state index < -0.39 is 11.7 Å². The fourth-order valence-electron chi connectivity index (χ4n) is 6.47. The molecule has 2 heterocycles. The summed E-state index contributed by atoms with van der Waals surface area (Å²) in [5.41, 5.74) is 4.32. The van der Waals surface area contributed by atoms with Gasteiger partial charge in [0.15, 0.2) is 0 Å². The van der Waals surface area contributed by atoms with Gasteiger partial charge in [-0.2, -0.15) is 0 Å². The maximum Gasteiger partial charge on any atom is 0.144 e. The number of halogens is 1. The van der Waals surface area contributed by atoms with Crippen molar-refractivity contribution >= 4 is 11.6 Å². The Morgan fingerprint density at radius 3 is 2.06 bits per heavy atom. The summed E-state index contributed by atoms with van der Waals surface area (Å²) in [5, 5.41) is 10.5. The van der Waals surface area contributed by atoms with Gasteiger partial charge in [-0.25, -0.2) is 0 Å². The second kappa shape index (κ2) is 16.9. The summed E-state index contributed by atoms with van der Waals surface area (Å²) in [7, 11) is 0. The lowest BCUT2D eigenvalue weighted by atomic mass is 9.84. The first-order valence-electron chi connectivity index (χ1n) is 16.8. The van der Waals surface area contributed by atoms with Crippen molar-refractivity contribution in [3.63, 3.8) is 0 Å². The zero-order valence-corrected chi connectivity index (χ0v) is 28.2. The maximum atomic E-state index is 9.82. The molecule has 8 heteroatoms. The molecule has 0 aromatic heterocycles. The van der Waals surface area contributed by atoms with E-state index >= 15 is 0 Å². The maximum absolute atomic E-state index is 9.82. The second-order valence-corrected chi connectivity index (χ2v) is 13.0. The highest BCUT2D eigenvalue weighted by Crippen LogP contribution is 2.43. The first-order valence-corrected chi connectivity index (χ1v) is 17.2. The molecule has 2 aliphatic heterocycles. The van der Waals surface area contributed by atoms with Crippen LogP contribution >= 0.6 is 11.6 Å². The Morgan fingerprint density at radius 1 is 0.792 bits per heavy atom. The van der Waals surface area contributed by atoms with Crippen molar-refractivity contribution < 1.29 is 33.5 Å². The number of ether oxygens (including phenoxy) is 6. The molecule has 6 rings (SSSR count). The van der Waals surface area contributed by atoms with E-state index in [4.69, 9.17) is 40.0 Å². The highest BCUT2D eigenvalue weighted by molar-refractivity contribution is 6.31. The van der Waals surface area contributed by atoms with E-state index in [0.717, 1.165) is 33.6 Å². The Kier molecular flexibility index (Phi) is 12.2. The molecule has 7 nitrogen and oxygen atoms in total. The van der Waals surface area contributed by atoms with Crippen LogP contribution in [0.3, 0.4) is 0 Å². The van der Waals surface area contributed by atoms with Gasteiger partial charge in [0, 0.05) is 17.4 Å². The average molecular weight is 673 g/mol. The van der Waals surface area contributed by atoms with Crippen molar-refractivity contribution in [1.29, 1.82) is 0 Å². The summed E-state index contributed by atoms with van der Waals surface area (Å²) in [4.78, 5) is 0. The van der Waals surface area contributed by atoms with Crippen LogP contribution in [0.15, 0.2) is 103 Å². The monoisotopic (exact) mass is 672 g/mol. The van der Waals surface area contributed by atoms with Gasteiger partial charge in [0.25, 0.3) is 0 Å². The van der Waals surface area contributed by atoms with Gasteiger partial charge in [-0.3, -0.25) is 0 Å². The molecule has 0 radical (unpaired) electrons. The zero-order valence-electron chi connectivity index (χ0n) is 27.5. The van der Waals surface area contributed by atoms with E-state index in [1.165, 1.54) is 0 Å². The SMILES string of the molecule is CCOc1ccc(Cc2cc(C3CC(OCc4ccccc4)[C@H](OCc4ccccc4)C4(COCC(CO)COC4)O3)ccc2Cl)cc1. The third kappa shape index (κ3) is 8.84. The minimum atomic E-state index is -0.964. The molecule has 4 aromatic rings. The highest BCUT2D eigenvalue weighted by Gasteiger charge is 2.53. The van der Waals surface area contributed by atoms with Crippen LogP contribution in [-0.2, 0) is 43.3 Å². The van der Waals surface area contributed by atoms with Crippen LogP contribution in [0.5, 0.6) is 5.75 Å².